The van der Waals surface area contributed by atoms with Crippen molar-refractivity contribution in [2.24, 2.45) is 5.92 Å². The smallest absolute Gasteiger partial charge is 0.338 e. The molecule has 0 saturated carbocycles. The first-order valence-electron chi connectivity index (χ1n) is 18.7. The van der Waals surface area contributed by atoms with Gasteiger partial charge in [0.05, 0.1) is 76.0 Å². The number of allylic oxidation sites excluding steroid dienone is 1. The number of ether oxygens (including phenoxy) is 4. The molecule has 0 fully saturated rings. The second kappa shape index (κ2) is 24.8. The molecule has 5 unspecified atom stereocenters. The summed E-state index contributed by atoms with van der Waals surface area (Å²) in [6.07, 6.45) is 5.12. The van der Waals surface area contributed by atoms with Gasteiger partial charge in [-0.25, -0.2) is 4.79 Å². The Morgan fingerprint density at radius 1 is 0.722 bits per heavy atom. The fraction of sp³-hybridized carbons (Fsp3) is 0.561. The van der Waals surface area contributed by atoms with Gasteiger partial charge in [0, 0.05) is 12.7 Å². The normalized spacial score (nSPS) is 16.6. The number of unbranched alkanes of at least 4 members (excludes halogenated alkanes) is 3. The molecule has 1 aliphatic rings. The molecule has 54 heavy (non-hydrogen) atoms. The summed E-state index contributed by atoms with van der Waals surface area (Å²) in [5, 5.41) is 67.8. The summed E-state index contributed by atoms with van der Waals surface area (Å²) in [6.45, 7) is -0.131. The molecule has 2 aromatic carbocycles. The van der Waals surface area contributed by atoms with E-state index in [0.29, 0.717) is 80.9 Å². The summed E-state index contributed by atoms with van der Waals surface area (Å²) < 4.78 is 21.6. The van der Waals surface area contributed by atoms with Crippen LogP contribution in [0.2, 0.25) is 0 Å². The first-order chi connectivity index (χ1) is 26.1. The Labute approximate surface area is 317 Å². The third-order valence-corrected chi connectivity index (χ3v) is 9.09. The molecular weight excluding hydrogens is 700 g/mol. The van der Waals surface area contributed by atoms with Crippen LogP contribution in [0.4, 0.5) is 0 Å². The average Bonchev–Trinajstić information content (AvgIpc) is 3.19. The molecule has 3 rings (SSSR count). The second-order valence-electron chi connectivity index (χ2n) is 13.6. The zero-order chi connectivity index (χ0) is 39.3. The molecular formula is C41H58O13. The first-order valence-corrected chi connectivity index (χ1v) is 18.7. The van der Waals surface area contributed by atoms with Crippen LogP contribution in [-0.4, -0.2) is 119 Å². The number of carbonyl (C=O) groups excluding carboxylic acids is 2. The maximum Gasteiger partial charge on any atom is 0.338 e. The molecule has 0 spiro atoms. The van der Waals surface area contributed by atoms with Gasteiger partial charge in [-0.15, -0.1) is 0 Å². The molecule has 2 aromatic rings. The number of aliphatic hydroxyl groups is 7. The summed E-state index contributed by atoms with van der Waals surface area (Å²) >= 11 is 0. The highest BCUT2D eigenvalue weighted by atomic mass is 16.6. The lowest BCUT2D eigenvalue weighted by Gasteiger charge is -2.24. The van der Waals surface area contributed by atoms with E-state index in [-0.39, 0.29) is 51.8 Å². The maximum atomic E-state index is 13.3. The van der Waals surface area contributed by atoms with E-state index >= 15 is 0 Å². The summed E-state index contributed by atoms with van der Waals surface area (Å²) in [7, 11) is 1.52. The van der Waals surface area contributed by atoms with Crippen LogP contribution in [0.15, 0.2) is 60.2 Å². The molecule has 0 saturated heterocycles. The monoisotopic (exact) mass is 758 g/mol. The number of hydrogen-bond acceptors (Lipinski definition) is 13. The summed E-state index contributed by atoms with van der Waals surface area (Å²) in [6, 6.07) is 12.5. The standard InChI is InChI=1S/C41H58O13/c1-51-27-38(47)10-4-7-17-54-41(50)35-22-32(21-34(23-35)40(49)53-16-6-3-9-37(46)26-44)30-13-11-29(12-14-30)31-18-28(24-42)19-33(20-31)39(48)52-15-5-2-8-36(45)25-43/h11-14,18-21,23,35-38,40,42-47,49H,2-10,15-17,22,24-27H2,1H3. The topological polar surface area (TPSA) is 213 Å². The number of aliphatic hydroxyl groups excluding tert-OH is 7. The van der Waals surface area contributed by atoms with Crippen molar-refractivity contribution in [2.75, 3.05) is 46.8 Å². The summed E-state index contributed by atoms with van der Waals surface area (Å²) in [4.78, 5) is 26.1. The first kappa shape index (κ1) is 44.9. The molecule has 0 amide bonds. The Morgan fingerprint density at radius 3 is 1.93 bits per heavy atom. The number of hydrogen-bond donors (Lipinski definition) is 7. The highest BCUT2D eigenvalue weighted by Gasteiger charge is 2.27. The van der Waals surface area contributed by atoms with Crippen molar-refractivity contribution in [3.63, 3.8) is 0 Å². The van der Waals surface area contributed by atoms with Crippen LogP contribution in [0, 0.1) is 5.92 Å². The molecule has 5 atom stereocenters. The zero-order valence-corrected chi connectivity index (χ0v) is 31.2. The van der Waals surface area contributed by atoms with Crippen molar-refractivity contribution in [2.45, 2.75) is 95.4 Å². The number of esters is 2. The molecule has 0 heterocycles. The Kier molecular flexibility index (Phi) is 20.6. The van der Waals surface area contributed by atoms with Crippen LogP contribution in [0.25, 0.3) is 16.7 Å². The minimum absolute atomic E-state index is 0.151. The Balaban J connectivity index is 1.73. The third kappa shape index (κ3) is 15.7. The second-order valence-corrected chi connectivity index (χ2v) is 13.6. The molecule has 0 aliphatic heterocycles. The van der Waals surface area contributed by atoms with Crippen molar-refractivity contribution in [1.29, 1.82) is 0 Å². The number of carbonyl (C=O) groups is 2. The Morgan fingerprint density at radius 2 is 1.31 bits per heavy atom. The third-order valence-electron chi connectivity index (χ3n) is 9.09. The predicted octanol–water partition coefficient (Wildman–Crippen LogP) is 3.44. The van der Waals surface area contributed by atoms with Crippen LogP contribution < -0.4 is 0 Å². The average molecular weight is 759 g/mol. The largest absolute Gasteiger partial charge is 0.465 e. The van der Waals surface area contributed by atoms with Gasteiger partial charge in [0.2, 0.25) is 0 Å². The lowest BCUT2D eigenvalue weighted by Crippen LogP contribution is -2.24. The van der Waals surface area contributed by atoms with E-state index in [4.69, 9.17) is 29.2 Å². The maximum absolute atomic E-state index is 13.3. The van der Waals surface area contributed by atoms with Crippen LogP contribution in [0.3, 0.4) is 0 Å². The molecule has 0 bridgehead atoms. The van der Waals surface area contributed by atoms with Gasteiger partial charge >= 0.3 is 11.9 Å². The van der Waals surface area contributed by atoms with Gasteiger partial charge in [0.25, 0.3) is 0 Å². The fourth-order valence-electron chi connectivity index (χ4n) is 6.01. The van der Waals surface area contributed by atoms with Crippen LogP contribution in [0.5, 0.6) is 0 Å². The van der Waals surface area contributed by atoms with E-state index in [1.165, 1.54) is 7.11 Å². The van der Waals surface area contributed by atoms with Gasteiger partial charge in [-0.2, -0.15) is 0 Å². The van der Waals surface area contributed by atoms with Crippen LogP contribution in [0.1, 0.15) is 85.7 Å². The van der Waals surface area contributed by atoms with Crippen LogP contribution in [-0.2, 0) is 30.3 Å². The van der Waals surface area contributed by atoms with E-state index in [0.717, 1.165) is 16.7 Å². The fourth-order valence-corrected chi connectivity index (χ4v) is 6.01. The van der Waals surface area contributed by atoms with E-state index in [9.17, 15) is 35.1 Å². The molecule has 300 valence electrons. The van der Waals surface area contributed by atoms with Crippen LogP contribution >= 0.6 is 0 Å². The highest BCUT2D eigenvalue weighted by Crippen LogP contribution is 2.34. The highest BCUT2D eigenvalue weighted by molar-refractivity contribution is 5.91. The molecule has 13 heteroatoms. The van der Waals surface area contributed by atoms with Crippen molar-refractivity contribution < 1.29 is 64.3 Å². The van der Waals surface area contributed by atoms with Gasteiger partial charge in [-0.05, 0) is 110 Å². The van der Waals surface area contributed by atoms with Gasteiger partial charge in [0.1, 0.15) is 0 Å². The minimum Gasteiger partial charge on any atom is -0.465 e. The van der Waals surface area contributed by atoms with E-state index < -0.39 is 42.5 Å². The summed E-state index contributed by atoms with van der Waals surface area (Å²) in [5.74, 6) is -1.67. The predicted molar refractivity (Wildman–Crippen MR) is 201 cm³/mol. The van der Waals surface area contributed by atoms with Gasteiger partial charge in [0.15, 0.2) is 6.29 Å². The Bertz CT molecular complexity index is 1470. The quantitative estimate of drug-likeness (QED) is 0.0417. The van der Waals surface area contributed by atoms with E-state index in [1.807, 2.05) is 24.3 Å². The molecule has 0 radical (unpaired) electrons. The van der Waals surface area contributed by atoms with Crippen molar-refractivity contribution in [3.8, 4) is 11.1 Å². The molecule has 7 N–H and O–H groups in total. The van der Waals surface area contributed by atoms with Crippen molar-refractivity contribution in [1.82, 2.24) is 0 Å². The zero-order valence-electron chi connectivity index (χ0n) is 31.2. The molecule has 1 aliphatic carbocycles. The van der Waals surface area contributed by atoms with Gasteiger partial charge in [-0.1, -0.05) is 36.4 Å². The molecule has 0 aromatic heterocycles. The number of rotatable bonds is 26. The van der Waals surface area contributed by atoms with E-state index in [1.54, 1.807) is 30.4 Å². The SMILES string of the molecule is COCC(O)CCCCOC(=O)C1C=C(C(O)OCCCCC(O)CO)C=C(c2ccc(-c3cc(CO)cc(C(=O)OCCCCC(O)CO)c3)cc2)C1. The molecule has 13 nitrogen and oxygen atoms in total. The lowest BCUT2D eigenvalue weighted by atomic mass is 9.86. The van der Waals surface area contributed by atoms with Crippen molar-refractivity contribution in [3.05, 3.63) is 76.9 Å². The minimum atomic E-state index is -1.31. The van der Waals surface area contributed by atoms with E-state index in [2.05, 4.69) is 0 Å². The van der Waals surface area contributed by atoms with Crippen molar-refractivity contribution >= 4 is 17.5 Å². The number of benzene rings is 2. The Hall–Kier alpha value is -3.50. The lowest BCUT2D eigenvalue weighted by molar-refractivity contribution is -0.146. The van der Waals surface area contributed by atoms with Gasteiger partial charge < -0.3 is 54.7 Å². The van der Waals surface area contributed by atoms with Gasteiger partial charge in [-0.3, -0.25) is 4.79 Å². The number of methoxy groups -OCH3 is 1. The summed E-state index contributed by atoms with van der Waals surface area (Å²) in [5.41, 5.74) is 4.26.